The Kier molecular flexibility index (Phi) is 6.54. The highest BCUT2D eigenvalue weighted by molar-refractivity contribution is 7.92. The summed E-state index contributed by atoms with van der Waals surface area (Å²) >= 11 is 0. The van der Waals surface area contributed by atoms with Crippen LogP contribution in [-0.4, -0.2) is 59.1 Å². The summed E-state index contributed by atoms with van der Waals surface area (Å²) in [4.78, 5) is 12.2. The Morgan fingerprint density at radius 3 is 2.62 bits per heavy atom. The van der Waals surface area contributed by atoms with E-state index >= 15 is 0 Å². The number of aryl methyl sites for hydroxylation is 1. The number of nitrogens with zero attached hydrogens (tertiary/aromatic N) is 2. The number of hydrogen-bond acceptors (Lipinski definition) is 6. The summed E-state index contributed by atoms with van der Waals surface area (Å²) in [6.07, 6.45) is 2.61. The summed E-state index contributed by atoms with van der Waals surface area (Å²) in [6.45, 7) is 4.51. The van der Waals surface area contributed by atoms with Crippen LogP contribution in [0.2, 0.25) is 0 Å². The van der Waals surface area contributed by atoms with E-state index in [1.165, 1.54) is 14.7 Å². The van der Waals surface area contributed by atoms with Crippen LogP contribution in [0.25, 0.3) is 0 Å². The van der Waals surface area contributed by atoms with Gasteiger partial charge in [0.1, 0.15) is 0 Å². The molecule has 10 heteroatoms. The highest BCUT2D eigenvalue weighted by Gasteiger charge is 2.35. The third-order valence-electron chi connectivity index (χ3n) is 5.42. The van der Waals surface area contributed by atoms with Crippen LogP contribution < -0.4 is 4.31 Å². The van der Waals surface area contributed by atoms with Crippen LogP contribution in [-0.2, 0) is 29.6 Å². The zero-order valence-corrected chi connectivity index (χ0v) is 18.5. The average molecular weight is 445 g/mol. The molecule has 2 fully saturated rings. The molecule has 2 aliphatic rings. The second-order valence-electron chi connectivity index (χ2n) is 7.50. The lowest BCUT2D eigenvalue weighted by Crippen LogP contribution is -2.43. The van der Waals surface area contributed by atoms with Crippen molar-refractivity contribution in [1.29, 1.82) is 0 Å². The maximum Gasteiger partial charge on any atom is 0.310 e. The number of rotatable bonds is 5. The van der Waals surface area contributed by atoms with Crippen molar-refractivity contribution in [3.05, 3.63) is 23.8 Å². The van der Waals surface area contributed by atoms with Crippen LogP contribution in [0.1, 0.15) is 38.2 Å². The lowest BCUT2D eigenvalue weighted by molar-refractivity contribution is -0.149. The standard InChI is InChI=1S/C19H28N2O6S2/c1-3-27-19(22)16-7-6-10-20(14-16)29(25,26)18-9-8-17(13-15(18)2)21-11-4-5-12-28(21,23)24/h8-9,13,16H,3-7,10-12,14H2,1-2H3. The predicted molar refractivity (Wildman–Crippen MR) is 110 cm³/mol. The quantitative estimate of drug-likeness (QED) is 0.643. The largest absolute Gasteiger partial charge is 0.466 e. The number of anilines is 1. The molecule has 0 aliphatic carbocycles. The van der Waals surface area contributed by atoms with Crippen LogP contribution in [0.5, 0.6) is 0 Å². The van der Waals surface area contributed by atoms with Gasteiger partial charge in [0.05, 0.1) is 28.9 Å². The van der Waals surface area contributed by atoms with E-state index in [9.17, 15) is 21.6 Å². The van der Waals surface area contributed by atoms with E-state index in [2.05, 4.69) is 0 Å². The molecular formula is C19H28N2O6S2. The smallest absolute Gasteiger partial charge is 0.310 e. The number of piperidine rings is 1. The van der Waals surface area contributed by atoms with Gasteiger partial charge in [-0.25, -0.2) is 16.8 Å². The first-order valence-electron chi connectivity index (χ1n) is 9.94. The van der Waals surface area contributed by atoms with Gasteiger partial charge in [-0.3, -0.25) is 9.10 Å². The fourth-order valence-electron chi connectivity index (χ4n) is 3.91. The molecule has 0 saturated carbocycles. The molecule has 2 saturated heterocycles. The number of ether oxygens (including phenoxy) is 1. The molecule has 2 heterocycles. The minimum atomic E-state index is -3.79. The van der Waals surface area contributed by atoms with Crippen molar-refractivity contribution in [2.24, 2.45) is 5.92 Å². The molecule has 0 bridgehead atoms. The molecule has 0 N–H and O–H groups in total. The normalized spacial score (nSPS) is 23.0. The molecule has 0 amide bonds. The number of benzene rings is 1. The number of carbonyl (C=O) groups is 1. The molecule has 1 aromatic rings. The minimum Gasteiger partial charge on any atom is -0.466 e. The highest BCUT2D eigenvalue weighted by Crippen LogP contribution is 2.30. The Morgan fingerprint density at radius 1 is 1.21 bits per heavy atom. The van der Waals surface area contributed by atoms with Crippen LogP contribution in [0.15, 0.2) is 23.1 Å². The first kappa shape index (κ1) is 22.0. The van der Waals surface area contributed by atoms with Crippen molar-refractivity contribution in [2.45, 2.75) is 44.4 Å². The predicted octanol–water partition coefficient (Wildman–Crippen LogP) is 1.89. The summed E-state index contributed by atoms with van der Waals surface area (Å²) in [5, 5.41) is 0. The average Bonchev–Trinajstić information content (AvgIpc) is 2.67. The summed E-state index contributed by atoms with van der Waals surface area (Å²) in [7, 11) is -7.16. The van der Waals surface area contributed by atoms with Crippen molar-refractivity contribution in [1.82, 2.24) is 4.31 Å². The van der Waals surface area contributed by atoms with Gasteiger partial charge < -0.3 is 4.74 Å². The molecule has 0 aromatic heterocycles. The molecule has 0 spiro atoms. The molecular weight excluding hydrogens is 416 g/mol. The highest BCUT2D eigenvalue weighted by atomic mass is 32.2. The van der Waals surface area contributed by atoms with Gasteiger partial charge in [0.2, 0.25) is 20.0 Å². The maximum absolute atomic E-state index is 13.2. The van der Waals surface area contributed by atoms with Crippen molar-refractivity contribution >= 4 is 31.7 Å². The van der Waals surface area contributed by atoms with Crippen molar-refractivity contribution in [3.8, 4) is 0 Å². The maximum atomic E-state index is 13.2. The molecule has 0 radical (unpaired) electrons. The number of esters is 1. The van der Waals surface area contributed by atoms with Gasteiger partial charge >= 0.3 is 5.97 Å². The Morgan fingerprint density at radius 2 is 1.97 bits per heavy atom. The first-order chi connectivity index (χ1) is 13.7. The fourth-order valence-corrected chi connectivity index (χ4v) is 7.27. The number of hydrogen-bond donors (Lipinski definition) is 0. The van der Waals surface area contributed by atoms with Crippen LogP contribution in [0.3, 0.4) is 0 Å². The van der Waals surface area contributed by atoms with Gasteiger partial charge in [-0.15, -0.1) is 0 Å². The van der Waals surface area contributed by atoms with E-state index in [0.29, 0.717) is 43.6 Å². The molecule has 8 nitrogen and oxygen atoms in total. The Labute approximate surface area is 172 Å². The summed E-state index contributed by atoms with van der Waals surface area (Å²) in [6, 6.07) is 4.64. The third-order valence-corrected chi connectivity index (χ3v) is 9.31. The summed E-state index contributed by atoms with van der Waals surface area (Å²) in [5.74, 6) is -0.721. The first-order valence-corrected chi connectivity index (χ1v) is 13.0. The van der Waals surface area contributed by atoms with Crippen LogP contribution in [0, 0.1) is 12.8 Å². The van der Waals surface area contributed by atoms with E-state index in [4.69, 9.17) is 4.74 Å². The second kappa shape index (κ2) is 8.61. The lowest BCUT2D eigenvalue weighted by Gasteiger charge is -2.32. The lowest BCUT2D eigenvalue weighted by atomic mass is 10.0. The molecule has 1 atom stereocenters. The van der Waals surface area contributed by atoms with Crippen LogP contribution >= 0.6 is 0 Å². The summed E-state index contributed by atoms with van der Waals surface area (Å²) in [5.41, 5.74) is 0.978. The van der Waals surface area contributed by atoms with Gasteiger partial charge in [0.25, 0.3) is 0 Å². The topological polar surface area (TPSA) is 101 Å². The second-order valence-corrected chi connectivity index (χ2v) is 11.4. The molecule has 29 heavy (non-hydrogen) atoms. The minimum absolute atomic E-state index is 0.100. The molecule has 162 valence electrons. The fraction of sp³-hybridized carbons (Fsp3) is 0.632. The number of sulfonamides is 2. The monoisotopic (exact) mass is 444 g/mol. The van der Waals surface area contributed by atoms with E-state index in [-0.39, 0.29) is 29.8 Å². The van der Waals surface area contributed by atoms with Gasteiger partial charge in [-0.2, -0.15) is 4.31 Å². The van der Waals surface area contributed by atoms with Crippen LogP contribution in [0.4, 0.5) is 5.69 Å². The Bertz CT molecular complexity index is 974. The molecule has 2 aliphatic heterocycles. The van der Waals surface area contributed by atoms with Gasteiger partial charge in [0, 0.05) is 19.6 Å². The van der Waals surface area contributed by atoms with E-state index in [0.717, 1.165) is 6.42 Å². The SMILES string of the molecule is CCOC(=O)C1CCCN(S(=O)(=O)c2ccc(N3CCCCS3(=O)=O)cc2C)C1. The molecule has 1 aromatic carbocycles. The van der Waals surface area contributed by atoms with Crippen molar-refractivity contribution in [3.63, 3.8) is 0 Å². The van der Waals surface area contributed by atoms with Gasteiger partial charge in [0.15, 0.2) is 0 Å². The van der Waals surface area contributed by atoms with E-state index in [1.807, 2.05) is 0 Å². The van der Waals surface area contributed by atoms with E-state index in [1.54, 1.807) is 26.0 Å². The van der Waals surface area contributed by atoms with E-state index < -0.39 is 26.0 Å². The van der Waals surface area contributed by atoms with Crippen molar-refractivity contribution < 1.29 is 26.4 Å². The summed E-state index contributed by atoms with van der Waals surface area (Å²) < 4.78 is 58.8. The molecule has 3 rings (SSSR count). The Balaban J connectivity index is 1.85. The zero-order valence-electron chi connectivity index (χ0n) is 16.8. The zero-order chi connectivity index (χ0) is 21.2. The third kappa shape index (κ3) is 4.59. The number of carbonyl (C=O) groups excluding carboxylic acids is 1. The Hall–Kier alpha value is -1.65. The van der Waals surface area contributed by atoms with Gasteiger partial charge in [-0.05, 0) is 63.3 Å². The van der Waals surface area contributed by atoms with Gasteiger partial charge in [-0.1, -0.05) is 0 Å². The van der Waals surface area contributed by atoms with Crippen molar-refractivity contribution in [2.75, 3.05) is 36.3 Å². The molecule has 1 unspecified atom stereocenters.